The molecule has 2 aromatic carbocycles. The fourth-order valence-corrected chi connectivity index (χ4v) is 3.46. The first-order chi connectivity index (χ1) is 10.1. The fraction of sp³-hybridized carbons (Fsp3) is 0.188. The van der Waals surface area contributed by atoms with E-state index in [9.17, 15) is 0 Å². The van der Waals surface area contributed by atoms with Crippen LogP contribution in [-0.2, 0) is 5.66 Å². The number of fused-ring (bicyclic) bond motifs is 3. The Hall–Kier alpha value is -1.88. The van der Waals surface area contributed by atoms with Gasteiger partial charge in [0.15, 0.2) is 0 Å². The van der Waals surface area contributed by atoms with Crippen LogP contribution in [0.25, 0.3) is 0 Å². The van der Waals surface area contributed by atoms with Gasteiger partial charge in [0.2, 0.25) is 0 Å². The summed E-state index contributed by atoms with van der Waals surface area (Å²) in [4.78, 5) is 4.57. The van der Waals surface area contributed by atoms with Crippen LogP contribution < -0.4 is 5.73 Å². The molecule has 2 N–H and O–H groups in total. The van der Waals surface area contributed by atoms with E-state index in [-0.39, 0.29) is 6.17 Å². The van der Waals surface area contributed by atoms with Crippen LogP contribution in [0.15, 0.2) is 53.5 Å². The minimum atomic E-state index is -0.766. The van der Waals surface area contributed by atoms with Gasteiger partial charge in [-0.15, -0.1) is 0 Å². The number of aliphatic imine (C=N–C) groups is 1. The Morgan fingerprint density at radius 3 is 2.71 bits per heavy atom. The van der Waals surface area contributed by atoms with Crippen LogP contribution in [0, 0.1) is 0 Å². The molecule has 0 bridgehead atoms. The number of rotatable bonds is 1. The van der Waals surface area contributed by atoms with Gasteiger partial charge in [-0.1, -0.05) is 48.0 Å². The molecule has 0 aliphatic carbocycles. The average Bonchev–Trinajstić information content (AvgIpc) is 3.00. The minimum Gasteiger partial charge on any atom is -0.304 e. The Labute approximate surface area is 128 Å². The van der Waals surface area contributed by atoms with Gasteiger partial charge >= 0.3 is 0 Å². The van der Waals surface area contributed by atoms with Gasteiger partial charge in [-0.05, 0) is 23.3 Å². The van der Waals surface area contributed by atoms with Crippen molar-refractivity contribution in [2.24, 2.45) is 10.7 Å². The van der Waals surface area contributed by atoms with Crippen molar-refractivity contribution in [3.8, 4) is 0 Å². The molecule has 106 valence electrons. The van der Waals surface area contributed by atoms with Crippen molar-refractivity contribution in [1.82, 2.24) is 10.0 Å². The molecule has 4 nitrogen and oxygen atoms in total. The van der Waals surface area contributed by atoms with E-state index in [1.54, 1.807) is 0 Å². The molecule has 0 spiro atoms. The standard InChI is InChI=1S/C16H15ClN4/c1-20-10-19-15-13-8-7-12(17)9-14(13)16(18,21(15)20)11-5-3-2-4-6-11/h2-10,15H,18H2,1H3. The van der Waals surface area contributed by atoms with Gasteiger partial charge in [-0.3, -0.25) is 5.01 Å². The lowest BCUT2D eigenvalue weighted by atomic mass is 9.92. The summed E-state index contributed by atoms with van der Waals surface area (Å²) in [5, 5.41) is 4.72. The zero-order chi connectivity index (χ0) is 14.6. The number of hydrogen-bond acceptors (Lipinski definition) is 4. The Morgan fingerprint density at radius 1 is 1.19 bits per heavy atom. The maximum atomic E-state index is 6.88. The highest BCUT2D eigenvalue weighted by atomic mass is 35.5. The molecular weight excluding hydrogens is 284 g/mol. The van der Waals surface area contributed by atoms with Crippen molar-refractivity contribution in [2.45, 2.75) is 11.8 Å². The summed E-state index contributed by atoms with van der Waals surface area (Å²) in [6.07, 6.45) is 1.72. The third-order valence-electron chi connectivity index (χ3n) is 4.23. The predicted octanol–water partition coefficient (Wildman–Crippen LogP) is 2.70. The summed E-state index contributed by atoms with van der Waals surface area (Å²) in [5.41, 5.74) is 9.25. The van der Waals surface area contributed by atoms with Crippen LogP contribution in [-0.4, -0.2) is 23.4 Å². The van der Waals surface area contributed by atoms with Gasteiger partial charge in [-0.2, -0.15) is 5.01 Å². The molecule has 0 fully saturated rings. The lowest BCUT2D eigenvalue weighted by molar-refractivity contribution is -0.0249. The van der Waals surface area contributed by atoms with E-state index in [1.165, 1.54) is 0 Å². The van der Waals surface area contributed by atoms with Crippen molar-refractivity contribution in [1.29, 1.82) is 0 Å². The van der Waals surface area contributed by atoms with Gasteiger partial charge in [-0.25, -0.2) is 4.99 Å². The zero-order valence-electron chi connectivity index (χ0n) is 11.6. The number of nitrogens with zero attached hydrogens (tertiary/aromatic N) is 3. The van der Waals surface area contributed by atoms with Crippen molar-refractivity contribution in [3.63, 3.8) is 0 Å². The molecule has 2 atom stereocenters. The molecule has 5 heteroatoms. The SMILES string of the molecule is CN1C=NC2c3ccc(Cl)cc3C(N)(c3ccccc3)N21. The van der Waals surface area contributed by atoms with Crippen molar-refractivity contribution in [2.75, 3.05) is 7.05 Å². The summed E-state index contributed by atoms with van der Waals surface area (Å²) in [5.74, 6) is 0. The number of nitrogens with two attached hydrogens (primary N) is 1. The van der Waals surface area contributed by atoms with E-state index in [4.69, 9.17) is 17.3 Å². The van der Waals surface area contributed by atoms with E-state index in [1.807, 2.05) is 66.9 Å². The third kappa shape index (κ3) is 1.61. The molecule has 4 rings (SSSR count). The smallest absolute Gasteiger partial charge is 0.149 e. The second-order valence-corrected chi connectivity index (χ2v) is 5.86. The van der Waals surface area contributed by atoms with Gasteiger partial charge in [0.05, 0.1) is 0 Å². The minimum absolute atomic E-state index is 0.0903. The number of benzene rings is 2. The monoisotopic (exact) mass is 298 g/mol. The van der Waals surface area contributed by atoms with Crippen LogP contribution in [0.5, 0.6) is 0 Å². The quantitative estimate of drug-likeness (QED) is 0.880. The summed E-state index contributed by atoms with van der Waals surface area (Å²) in [6.45, 7) is 0. The highest BCUT2D eigenvalue weighted by molar-refractivity contribution is 6.30. The lowest BCUT2D eigenvalue weighted by Gasteiger charge is -2.39. The Morgan fingerprint density at radius 2 is 1.95 bits per heavy atom. The summed E-state index contributed by atoms with van der Waals surface area (Å²) < 4.78 is 0. The van der Waals surface area contributed by atoms with Gasteiger partial charge < -0.3 is 5.73 Å². The van der Waals surface area contributed by atoms with E-state index in [0.717, 1.165) is 16.7 Å². The molecule has 2 heterocycles. The van der Waals surface area contributed by atoms with Crippen molar-refractivity contribution < 1.29 is 0 Å². The highest BCUT2D eigenvalue weighted by Crippen LogP contribution is 2.50. The molecule has 21 heavy (non-hydrogen) atoms. The molecule has 0 saturated heterocycles. The first-order valence-corrected chi connectivity index (χ1v) is 7.20. The predicted molar refractivity (Wildman–Crippen MR) is 83.7 cm³/mol. The molecule has 0 aromatic heterocycles. The van der Waals surface area contributed by atoms with E-state index in [0.29, 0.717) is 5.02 Å². The zero-order valence-corrected chi connectivity index (χ0v) is 12.3. The molecule has 0 amide bonds. The Balaban J connectivity index is 2.00. The lowest BCUT2D eigenvalue weighted by Crippen LogP contribution is -2.54. The van der Waals surface area contributed by atoms with Gasteiger partial charge in [0.1, 0.15) is 18.2 Å². The van der Waals surface area contributed by atoms with Crippen LogP contribution in [0.4, 0.5) is 0 Å². The van der Waals surface area contributed by atoms with E-state index < -0.39 is 5.66 Å². The van der Waals surface area contributed by atoms with Crippen LogP contribution >= 0.6 is 11.6 Å². The summed E-state index contributed by atoms with van der Waals surface area (Å²) in [7, 11) is 1.96. The molecule has 2 aliphatic rings. The molecular formula is C16H15ClN4. The molecule has 2 unspecified atom stereocenters. The van der Waals surface area contributed by atoms with E-state index >= 15 is 0 Å². The normalized spacial score (nSPS) is 27.0. The maximum Gasteiger partial charge on any atom is 0.149 e. The molecule has 2 aliphatic heterocycles. The first kappa shape index (κ1) is 12.8. The number of hydrogen-bond donors (Lipinski definition) is 1. The summed E-state index contributed by atoms with van der Waals surface area (Å²) >= 11 is 6.21. The highest BCUT2D eigenvalue weighted by Gasteiger charge is 2.52. The fourth-order valence-electron chi connectivity index (χ4n) is 3.29. The molecule has 2 aromatic rings. The van der Waals surface area contributed by atoms with Gasteiger partial charge in [0, 0.05) is 17.6 Å². The molecule has 0 radical (unpaired) electrons. The maximum absolute atomic E-state index is 6.88. The third-order valence-corrected chi connectivity index (χ3v) is 4.46. The van der Waals surface area contributed by atoms with Crippen molar-refractivity contribution in [3.05, 3.63) is 70.2 Å². The van der Waals surface area contributed by atoms with Gasteiger partial charge in [0.25, 0.3) is 0 Å². The second-order valence-electron chi connectivity index (χ2n) is 5.42. The van der Waals surface area contributed by atoms with Crippen LogP contribution in [0.1, 0.15) is 22.9 Å². The van der Waals surface area contributed by atoms with Crippen LogP contribution in [0.3, 0.4) is 0 Å². The summed E-state index contributed by atoms with van der Waals surface area (Å²) in [6, 6.07) is 15.9. The number of halogens is 1. The molecule has 0 saturated carbocycles. The van der Waals surface area contributed by atoms with Crippen molar-refractivity contribution >= 4 is 17.9 Å². The first-order valence-electron chi connectivity index (χ1n) is 6.82. The average molecular weight is 299 g/mol. The van der Waals surface area contributed by atoms with Crippen LogP contribution in [0.2, 0.25) is 5.02 Å². The largest absolute Gasteiger partial charge is 0.304 e. The Kier molecular flexibility index (Phi) is 2.63. The second kappa shape index (κ2) is 4.31. The van der Waals surface area contributed by atoms with E-state index in [2.05, 4.69) is 10.0 Å². The topological polar surface area (TPSA) is 44.9 Å². The Bertz CT molecular complexity index is 730. The number of hydrazine groups is 1.